The number of carbonyl (C=O) groups is 1. The van der Waals surface area contributed by atoms with E-state index in [1.807, 2.05) is 36.5 Å². The van der Waals surface area contributed by atoms with Gasteiger partial charge in [-0.15, -0.1) is 0 Å². The highest BCUT2D eigenvalue weighted by Crippen LogP contribution is 2.42. The lowest BCUT2D eigenvalue weighted by Gasteiger charge is -2.28. The molecule has 2 atom stereocenters. The first-order valence-electron chi connectivity index (χ1n) is 8.70. The minimum atomic E-state index is -0.350. The quantitative estimate of drug-likeness (QED) is 0.895. The van der Waals surface area contributed by atoms with E-state index in [1.54, 1.807) is 12.4 Å². The fraction of sp³-hybridized carbons (Fsp3) is 0.421. The Morgan fingerprint density at radius 1 is 1.28 bits per heavy atom. The van der Waals surface area contributed by atoms with Crippen LogP contribution < -0.4 is 10.1 Å². The predicted molar refractivity (Wildman–Crippen MR) is 92.8 cm³/mol. The molecule has 4 rings (SSSR count). The highest BCUT2D eigenvalue weighted by Gasteiger charge is 2.54. The summed E-state index contributed by atoms with van der Waals surface area (Å²) in [6.45, 7) is 3.66. The highest BCUT2D eigenvalue weighted by molar-refractivity contribution is 5.86. The van der Waals surface area contributed by atoms with Gasteiger partial charge in [0.05, 0.1) is 23.9 Å². The van der Waals surface area contributed by atoms with E-state index >= 15 is 0 Å². The molecule has 4 heterocycles. The van der Waals surface area contributed by atoms with Crippen LogP contribution in [-0.2, 0) is 11.3 Å². The molecular weight excluding hydrogens is 316 g/mol. The summed E-state index contributed by atoms with van der Waals surface area (Å²) in [5.41, 5.74) is 0.692. The molecular formula is C19H22N4O2. The molecule has 0 unspecified atom stereocenters. The molecule has 1 amide bonds. The van der Waals surface area contributed by atoms with E-state index < -0.39 is 0 Å². The van der Waals surface area contributed by atoms with Crippen molar-refractivity contribution in [1.29, 1.82) is 0 Å². The Balaban J connectivity index is 1.42. The van der Waals surface area contributed by atoms with Gasteiger partial charge in [0.1, 0.15) is 5.75 Å². The average Bonchev–Trinajstić information content (AvgIpc) is 3.20. The lowest BCUT2D eigenvalue weighted by molar-refractivity contribution is -0.128. The number of amides is 1. The van der Waals surface area contributed by atoms with Crippen molar-refractivity contribution in [3.8, 4) is 5.75 Å². The summed E-state index contributed by atoms with van der Waals surface area (Å²) in [5, 5.41) is 3.05. The van der Waals surface area contributed by atoms with E-state index in [9.17, 15) is 4.79 Å². The summed E-state index contributed by atoms with van der Waals surface area (Å²) in [4.78, 5) is 23.4. The first kappa shape index (κ1) is 16.0. The second-order valence-electron chi connectivity index (χ2n) is 6.84. The molecule has 0 saturated carbocycles. The Hall–Kier alpha value is -2.47. The molecule has 1 N–H and O–H groups in total. The lowest BCUT2D eigenvalue weighted by Crippen LogP contribution is -2.40. The topological polar surface area (TPSA) is 67.3 Å². The minimum Gasteiger partial charge on any atom is -0.492 e. The number of hydrogen-bond acceptors (Lipinski definition) is 5. The first-order valence-corrected chi connectivity index (χ1v) is 8.70. The zero-order valence-electron chi connectivity index (χ0n) is 14.1. The van der Waals surface area contributed by atoms with Gasteiger partial charge < -0.3 is 10.1 Å². The van der Waals surface area contributed by atoms with Crippen molar-refractivity contribution in [2.24, 2.45) is 11.3 Å². The maximum atomic E-state index is 12.6. The molecule has 2 aromatic heterocycles. The Bertz CT molecular complexity index is 725. The van der Waals surface area contributed by atoms with Crippen molar-refractivity contribution < 1.29 is 9.53 Å². The summed E-state index contributed by atoms with van der Waals surface area (Å²) >= 11 is 0. The van der Waals surface area contributed by atoms with Crippen LogP contribution >= 0.6 is 0 Å². The summed E-state index contributed by atoms with van der Waals surface area (Å²) in [5.74, 6) is 1.09. The Morgan fingerprint density at radius 3 is 3.04 bits per heavy atom. The van der Waals surface area contributed by atoms with Gasteiger partial charge in [-0.25, -0.2) is 0 Å². The maximum Gasteiger partial charge on any atom is 0.228 e. The maximum absolute atomic E-state index is 12.6. The van der Waals surface area contributed by atoms with Crippen molar-refractivity contribution in [1.82, 2.24) is 20.2 Å². The molecule has 0 bridgehead atoms. The summed E-state index contributed by atoms with van der Waals surface area (Å²) < 4.78 is 5.89. The summed E-state index contributed by atoms with van der Waals surface area (Å²) in [6.07, 6.45) is 6.11. The van der Waals surface area contributed by atoms with Gasteiger partial charge in [-0.1, -0.05) is 6.07 Å². The third-order valence-electron chi connectivity index (χ3n) is 5.32. The smallest absolute Gasteiger partial charge is 0.228 e. The fourth-order valence-electron chi connectivity index (χ4n) is 3.91. The van der Waals surface area contributed by atoms with Gasteiger partial charge in [-0.05, 0) is 37.2 Å². The predicted octanol–water partition coefficient (Wildman–Crippen LogP) is 1.49. The normalized spacial score (nSPS) is 26.1. The number of carbonyl (C=O) groups excluding carboxylic acids is 1. The second kappa shape index (κ2) is 6.80. The number of nitrogens with zero attached hydrogens (tertiary/aromatic N) is 3. The number of aromatic nitrogens is 2. The van der Waals surface area contributed by atoms with Gasteiger partial charge in [-0.2, -0.15) is 0 Å². The van der Waals surface area contributed by atoms with E-state index in [-0.39, 0.29) is 17.2 Å². The van der Waals surface area contributed by atoms with Crippen molar-refractivity contribution >= 4 is 5.91 Å². The van der Waals surface area contributed by atoms with E-state index in [0.29, 0.717) is 13.2 Å². The number of hydrogen-bond donors (Lipinski definition) is 1. The number of rotatable bonds is 5. The van der Waals surface area contributed by atoms with Crippen molar-refractivity contribution in [2.75, 3.05) is 26.2 Å². The molecule has 2 aliphatic heterocycles. The average molecular weight is 338 g/mol. The van der Waals surface area contributed by atoms with Crippen LogP contribution in [0.2, 0.25) is 0 Å². The van der Waals surface area contributed by atoms with Gasteiger partial charge in [0.15, 0.2) is 0 Å². The van der Waals surface area contributed by atoms with Gasteiger partial charge in [0, 0.05) is 37.9 Å². The third-order valence-corrected chi connectivity index (χ3v) is 5.32. The van der Waals surface area contributed by atoms with E-state index in [4.69, 9.17) is 4.74 Å². The molecule has 1 spiro atoms. The zero-order valence-corrected chi connectivity index (χ0v) is 14.1. The Kier molecular flexibility index (Phi) is 4.36. The second-order valence-corrected chi connectivity index (χ2v) is 6.84. The molecule has 2 fully saturated rings. The third kappa shape index (κ3) is 3.22. The van der Waals surface area contributed by atoms with Gasteiger partial charge in [0.25, 0.3) is 0 Å². The van der Waals surface area contributed by atoms with Crippen molar-refractivity contribution in [2.45, 2.75) is 13.0 Å². The van der Waals surface area contributed by atoms with Gasteiger partial charge >= 0.3 is 0 Å². The molecule has 6 heteroatoms. The summed E-state index contributed by atoms with van der Waals surface area (Å²) in [6, 6.07) is 9.70. The van der Waals surface area contributed by atoms with Gasteiger partial charge in [0.2, 0.25) is 5.91 Å². The van der Waals surface area contributed by atoms with Crippen LogP contribution in [0.4, 0.5) is 0 Å². The van der Waals surface area contributed by atoms with Crippen LogP contribution in [0.1, 0.15) is 12.1 Å². The number of nitrogens with one attached hydrogen (secondary N) is 1. The molecule has 0 aliphatic carbocycles. The largest absolute Gasteiger partial charge is 0.492 e. The van der Waals surface area contributed by atoms with Gasteiger partial charge in [-0.3, -0.25) is 19.7 Å². The van der Waals surface area contributed by atoms with E-state index in [2.05, 4.69) is 20.2 Å². The van der Waals surface area contributed by atoms with Crippen LogP contribution in [0.25, 0.3) is 0 Å². The fourth-order valence-corrected chi connectivity index (χ4v) is 3.91. The van der Waals surface area contributed by atoms with Crippen LogP contribution in [-0.4, -0.2) is 47.0 Å². The number of pyridine rings is 2. The first-order chi connectivity index (χ1) is 12.3. The van der Waals surface area contributed by atoms with Crippen LogP contribution in [0.3, 0.4) is 0 Å². The Morgan fingerprint density at radius 2 is 2.24 bits per heavy atom. The van der Waals surface area contributed by atoms with Crippen LogP contribution in [0.15, 0.2) is 48.9 Å². The van der Waals surface area contributed by atoms with Crippen LogP contribution in [0.5, 0.6) is 5.75 Å². The van der Waals surface area contributed by atoms with Crippen LogP contribution in [0, 0.1) is 11.3 Å². The van der Waals surface area contributed by atoms with E-state index in [0.717, 1.165) is 37.5 Å². The molecule has 25 heavy (non-hydrogen) atoms. The molecule has 2 aliphatic rings. The number of likely N-dealkylation sites (tertiary alicyclic amines) is 1. The lowest BCUT2D eigenvalue weighted by atomic mass is 9.77. The standard InChI is InChI=1S/C19H22N4O2/c24-18-19(6-9-23(14-19)12-16-4-1-2-8-21-16)15(10-22-18)13-25-17-5-3-7-20-11-17/h1-5,7-8,11,15H,6,9-10,12-14H2,(H,22,24)/t15-,19-/m1/s1. The molecule has 0 radical (unpaired) electrons. The molecule has 0 aromatic carbocycles. The molecule has 2 saturated heterocycles. The Labute approximate surface area is 147 Å². The SMILES string of the molecule is O=C1NC[C@H](COc2cccnc2)[C@]12CCN(Cc1ccccn1)C2. The minimum absolute atomic E-state index is 0.163. The molecule has 130 valence electrons. The summed E-state index contributed by atoms with van der Waals surface area (Å²) in [7, 11) is 0. The van der Waals surface area contributed by atoms with Crippen molar-refractivity contribution in [3.63, 3.8) is 0 Å². The van der Waals surface area contributed by atoms with Crippen molar-refractivity contribution in [3.05, 3.63) is 54.6 Å². The van der Waals surface area contributed by atoms with E-state index in [1.165, 1.54) is 0 Å². The zero-order chi connectivity index (χ0) is 17.1. The number of ether oxygens (including phenoxy) is 1. The monoisotopic (exact) mass is 338 g/mol. The highest BCUT2D eigenvalue weighted by atomic mass is 16.5. The molecule has 2 aromatic rings. The molecule has 6 nitrogen and oxygen atoms in total.